The minimum absolute atomic E-state index is 0.261. The Bertz CT molecular complexity index is 1080. The van der Waals surface area contributed by atoms with Gasteiger partial charge in [-0.1, -0.05) is 30.3 Å². The van der Waals surface area contributed by atoms with Crippen LogP contribution >= 0.6 is 0 Å². The molecule has 1 amide bonds. The summed E-state index contributed by atoms with van der Waals surface area (Å²) in [6.45, 7) is 3.76. The number of esters is 1. The van der Waals surface area contributed by atoms with Crippen molar-refractivity contribution < 1.29 is 14.3 Å². The Morgan fingerprint density at radius 1 is 1.14 bits per heavy atom. The minimum atomic E-state index is -0.837. The zero-order valence-electron chi connectivity index (χ0n) is 15.6. The van der Waals surface area contributed by atoms with Crippen LogP contribution in [0, 0.1) is 0 Å². The van der Waals surface area contributed by atoms with Gasteiger partial charge in [-0.2, -0.15) is 4.68 Å². The molecular weight excluding hydrogens is 360 g/mol. The molecule has 1 aromatic heterocycles. The number of carbonyl (C=O) groups is 2. The Morgan fingerprint density at radius 2 is 1.93 bits per heavy atom. The van der Waals surface area contributed by atoms with Gasteiger partial charge < -0.3 is 10.1 Å². The molecule has 3 aromatic rings. The number of aromatic nitrogens is 3. The van der Waals surface area contributed by atoms with E-state index in [0.29, 0.717) is 28.6 Å². The second-order valence-corrected chi connectivity index (χ2v) is 6.07. The van der Waals surface area contributed by atoms with Crippen LogP contribution in [0.2, 0.25) is 0 Å². The van der Waals surface area contributed by atoms with Crippen molar-refractivity contribution in [1.29, 1.82) is 0 Å². The van der Waals surface area contributed by atoms with Gasteiger partial charge in [0, 0.05) is 5.69 Å². The molecule has 2 aromatic carbocycles. The van der Waals surface area contributed by atoms with Crippen molar-refractivity contribution in [2.75, 3.05) is 11.9 Å². The Hall–Kier alpha value is -3.55. The number of nitrogens with one attached hydrogen (secondary N) is 1. The number of benzene rings is 2. The highest BCUT2D eigenvalue weighted by molar-refractivity contribution is 5.96. The number of carbonyl (C=O) groups excluding carboxylic acids is 2. The van der Waals surface area contributed by atoms with E-state index in [0.717, 1.165) is 4.68 Å². The van der Waals surface area contributed by atoms with Crippen LogP contribution < -0.4 is 10.9 Å². The second kappa shape index (κ2) is 8.43. The van der Waals surface area contributed by atoms with Crippen molar-refractivity contribution in [2.24, 2.45) is 0 Å². The second-order valence-electron chi connectivity index (χ2n) is 6.07. The van der Waals surface area contributed by atoms with Crippen molar-refractivity contribution in [2.45, 2.75) is 26.3 Å². The fourth-order valence-corrected chi connectivity index (χ4v) is 2.84. The molecule has 0 saturated carbocycles. The highest BCUT2D eigenvalue weighted by Gasteiger charge is 2.22. The Balaban J connectivity index is 1.87. The predicted molar refractivity (Wildman–Crippen MR) is 104 cm³/mol. The number of hydrogen-bond donors (Lipinski definition) is 1. The number of nitrogens with zero attached hydrogens (tertiary/aromatic N) is 3. The average molecular weight is 380 g/mol. The van der Waals surface area contributed by atoms with Crippen LogP contribution in [0.25, 0.3) is 10.9 Å². The number of anilines is 1. The van der Waals surface area contributed by atoms with Gasteiger partial charge in [-0.3, -0.25) is 9.59 Å². The average Bonchev–Trinajstić information content (AvgIpc) is 2.71. The molecular formula is C20H20N4O4. The molecule has 3 rings (SSSR count). The van der Waals surface area contributed by atoms with Crippen LogP contribution in [0.4, 0.5) is 5.69 Å². The summed E-state index contributed by atoms with van der Waals surface area (Å²) in [6.07, 6.45) is 0.344. The molecule has 28 heavy (non-hydrogen) atoms. The molecule has 0 bridgehead atoms. The van der Waals surface area contributed by atoms with E-state index in [1.54, 1.807) is 56.3 Å². The van der Waals surface area contributed by atoms with Gasteiger partial charge >= 0.3 is 5.97 Å². The van der Waals surface area contributed by atoms with Gasteiger partial charge in [0.05, 0.1) is 17.6 Å². The summed E-state index contributed by atoms with van der Waals surface area (Å²) in [7, 11) is 0. The van der Waals surface area contributed by atoms with E-state index < -0.39 is 17.9 Å². The third-order valence-corrected chi connectivity index (χ3v) is 4.22. The normalized spacial score (nSPS) is 11.8. The van der Waals surface area contributed by atoms with Gasteiger partial charge in [0.2, 0.25) is 5.91 Å². The number of hydrogen-bond acceptors (Lipinski definition) is 6. The molecule has 1 atom stereocenters. The first-order valence-corrected chi connectivity index (χ1v) is 8.97. The lowest BCUT2D eigenvalue weighted by atomic mass is 10.1. The summed E-state index contributed by atoms with van der Waals surface area (Å²) in [6, 6.07) is 12.4. The van der Waals surface area contributed by atoms with Gasteiger partial charge in [0.15, 0.2) is 0 Å². The number of ether oxygens (including phenoxy) is 1. The van der Waals surface area contributed by atoms with Crippen LogP contribution in [0.3, 0.4) is 0 Å². The zero-order valence-corrected chi connectivity index (χ0v) is 15.6. The van der Waals surface area contributed by atoms with Crippen molar-refractivity contribution in [3.63, 3.8) is 0 Å². The van der Waals surface area contributed by atoms with Crippen LogP contribution in [0.5, 0.6) is 0 Å². The largest absolute Gasteiger partial charge is 0.462 e. The molecule has 0 radical (unpaired) electrons. The van der Waals surface area contributed by atoms with Gasteiger partial charge in [0.25, 0.3) is 5.56 Å². The fraction of sp³-hybridized carbons (Fsp3) is 0.250. The molecule has 1 N–H and O–H groups in total. The van der Waals surface area contributed by atoms with Crippen molar-refractivity contribution in [1.82, 2.24) is 15.0 Å². The third kappa shape index (κ3) is 3.90. The summed E-state index contributed by atoms with van der Waals surface area (Å²) in [5, 5.41) is 11.1. The number of rotatable bonds is 6. The Labute approximate surface area is 161 Å². The van der Waals surface area contributed by atoms with Crippen LogP contribution in [-0.2, 0) is 9.53 Å². The number of amides is 1. The van der Waals surface area contributed by atoms with Gasteiger partial charge in [-0.15, -0.1) is 5.10 Å². The van der Waals surface area contributed by atoms with Gasteiger partial charge in [0.1, 0.15) is 11.6 Å². The molecule has 0 saturated heterocycles. The maximum absolute atomic E-state index is 12.8. The van der Waals surface area contributed by atoms with Crippen molar-refractivity contribution >= 4 is 28.5 Å². The van der Waals surface area contributed by atoms with Gasteiger partial charge in [-0.05, 0) is 43.7 Å². The van der Waals surface area contributed by atoms with E-state index in [2.05, 4.69) is 15.6 Å². The number of fused-ring (bicyclic) bond motifs is 1. The van der Waals surface area contributed by atoms with E-state index in [1.807, 2.05) is 0 Å². The molecule has 0 aliphatic rings. The van der Waals surface area contributed by atoms with E-state index in [-0.39, 0.29) is 12.2 Å². The Morgan fingerprint density at radius 3 is 2.68 bits per heavy atom. The molecule has 0 fully saturated rings. The smallest absolute Gasteiger partial charge is 0.338 e. The standard InChI is InChI=1S/C20H20N4O4/c1-3-17(24-19(26)15-10-5-6-11-16(15)22-23-24)18(25)21-14-9-7-8-13(12-14)20(27)28-4-2/h5-12,17H,3-4H2,1-2H3,(H,21,25). The lowest BCUT2D eigenvalue weighted by Gasteiger charge is -2.16. The SMILES string of the molecule is CCOC(=O)c1cccc(NC(=O)C(CC)n2nnc3ccccc3c2=O)c1. The highest BCUT2D eigenvalue weighted by Crippen LogP contribution is 2.16. The summed E-state index contributed by atoms with van der Waals surface area (Å²) in [4.78, 5) is 37.4. The molecule has 8 heteroatoms. The first-order chi connectivity index (χ1) is 13.5. The fourth-order valence-electron chi connectivity index (χ4n) is 2.84. The summed E-state index contributed by atoms with van der Waals surface area (Å²) in [5.41, 5.74) is 0.847. The zero-order chi connectivity index (χ0) is 20.1. The lowest BCUT2D eigenvalue weighted by molar-refractivity contribution is -0.119. The summed E-state index contributed by atoms with van der Waals surface area (Å²) >= 11 is 0. The van der Waals surface area contributed by atoms with Crippen LogP contribution in [0.1, 0.15) is 36.7 Å². The maximum Gasteiger partial charge on any atom is 0.338 e. The third-order valence-electron chi connectivity index (χ3n) is 4.22. The quantitative estimate of drug-likeness (QED) is 0.659. The Kier molecular flexibility index (Phi) is 5.78. The molecule has 8 nitrogen and oxygen atoms in total. The maximum atomic E-state index is 12.8. The van der Waals surface area contributed by atoms with E-state index in [1.165, 1.54) is 6.07 Å². The monoisotopic (exact) mass is 380 g/mol. The summed E-state index contributed by atoms with van der Waals surface area (Å²) < 4.78 is 6.06. The van der Waals surface area contributed by atoms with E-state index in [4.69, 9.17) is 4.74 Å². The first kappa shape index (κ1) is 19.2. The van der Waals surface area contributed by atoms with Crippen molar-refractivity contribution in [3.8, 4) is 0 Å². The molecule has 0 aliphatic heterocycles. The molecule has 0 aliphatic carbocycles. The molecule has 144 valence electrons. The summed E-state index contributed by atoms with van der Waals surface area (Å²) in [5.74, 6) is -0.891. The molecule has 1 heterocycles. The minimum Gasteiger partial charge on any atom is -0.462 e. The van der Waals surface area contributed by atoms with Crippen LogP contribution in [0.15, 0.2) is 53.3 Å². The topological polar surface area (TPSA) is 103 Å². The molecule has 1 unspecified atom stereocenters. The highest BCUT2D eigenvalue weighted by atomic mass is 16.5. The van der Waals surface area contributed by atoms with Crippen molar-refractivity contribution in [3.05, 3.63) is 64.4 Å². The van der Waals surface area contributed by atoms with E-state index >= 15 is 0 Å². The predicted octanol–water partition coefficient (Wildman–Crippen LogP) is 2.56. The molecule has 0 spiro atoms. The van der Waals surface area contributed by atoms with E-state index in [9.17, 15) is 14.4 Å². The lowest BCUT2D eigenvalue weighted by Crippen LogP contribution is -2.35. The van der Waals surface area contributed by atoms with Crippen LogP contribution in [-0.4, -0.2) is 33.5 Å². The van der Waals surface area contributed by atoms with Gasteiger partial charge in [-0.25, -0.2) is 4.79 Å². The first-order valence-electron chi connectivity index (χ1n) is 8.97.